The average molecular weight is 238 g/mol. The van der Waals surface area contributed by atoms with Gasteiger partial charge in [0.2, 0.25) is 5.91 Å². The predicted octanol–water partition coefficient (Wildman–Crippen LogP) is 2.15. The topological polar surface area (TPSA) is 46.3 Å². The molecule has 0 spiro atoms. The van der Waals surface area contributed by atoms with Crippen LogP contribution in [0.1, 0.15) is 51.9 Å². The highest BCUT2D eigenvalue weighted by Gasteiger charge is 2.30. The molecule has 1 amide bonds. The van der Waals surface area contributed by atoms with Crippen molar-refractivity contribution in [2.45, 2.75) is 57.9 Å². The molecule has 2 N–H and O–H groups in total. The van der Waals surface area contributed by atoms with Crippen molar-refractivity contribution in [2.75, 3.05) is 13.1 Å². The van der Waals surface area contributed by atoms with Crippen LogP contribution in [-0.2, 0) is 4.79 Å². The van der Waals surface area contributed by atoms with Crippen molar-refractivity contribution in [3.8, 4) is 0 Å². The average Bonchev–Trinajstić information content (AvgIpc) is 2.39. The lowest BCUT2D eigenvalue weighted by Gasteiger charge is -2.40. The molecule has 3 nitrogen and oxygen atoms in total. The first-order chi connectivity index (χ1) is 8.20. The third kappa shape index (κ3) is 3.21. The molecule has 0 bridgehead atoms. The number of nitrogens with two attached hydrogens (primary N) is 1. The Hall–Kier alpha value is -0.570. The second kappa shape index (κ2) is 5.85. The van der Waals surface area contributed by atoms with Gasteiger partial charge in [-0.1, -0.05) is 13.3 Å². The van der Waals surface area contributed by atoms with E-state index in [0.717, 1.165) is 31.3 Å². The first-order valence-corrected chi connectivity index (χ1v) is 7.24. The molecule has 2 aliphatic rings. The van der Waals surface area contributed by atoms with Crippen LogP contribution in [0.25, 0.3) is 0 Å². The number of hydrogen-bond acceptors (Lipinski definition) is 2. The lowest BCUT2D eigenvalue weighted by atomic mass is 9.83. The molecule has 1 aliphatic carbocycles. The Morgan fingerprint density at radius 2 is 1.94 bits per heavy atom. The van der Waals surface area contributed by atoms with E-state index < -0.39 is 0 Å². The fourth-order valence-electron chi connectivity index (χ4n) is 3.49. The molecule has 1 saturated heterocycles. The van der Waals surface area contributed by atoms with Crippen molar-refractivity contribution in [1.29, 1.82) is 0 Å². The van der Waals surface area contributed by atoms with Gasteiger partial charge in [0.25, 0.3) is 0 Å². The fraction of sp³-hybridized carbons (Fsp3) is 0.929. The van der Waals surface area contributed by atoms with Crippen LogP contribution in [0.15, 0.2) is 0 Å². The molecule has 1 aliphatic heterocycles. The summed E-state index contributed by atoms with van der Waals surface area (Å²) in [5.74, 6) is 0.951. The zero-order chi connectivity index (χ0) is 12.3. The highest BCUT2D eigenvalue weighted by Crippen LogP contribution is 2.31. The zero-order valence-electron chi connectivity index (χ0n) is 11.0. The maximum atomic E-state index is 11.3. The molecule has 1 saturated carbocycles. The van der Waals surface area contributed by atoms with Gasteiger partial charge in [-0.25, -0.2) is 0 Å². The van der Waals surface area contributed by atoms with E-state index in [4.69, 9.17) is 5.73 Å². The summed E-state index contributed by atoms with van der Waals surface area (Å²) < 4.78 is 0. The molecule has 98 valence electrons. The Balaban J connectivity index is 1.84. The van der Waals surface area contributed by atoms with E-state index in [1.165, 1.54) is 38.6 Å². The van der Waals surface area contributed by atoms with Crippen molar-refractivity contribution in [3.63, 3.8) is 0 Å². The van der Waals surface area contributed by atoms with Gasteiger partial charge < -0.3 is 5.73 Å². The van der Waals surface area contributed by atoms with Gasteiger partial charge in [0.15, 0.2) is 0 Å². The van der Waals surface area contributed by atoms with Crippen molar-refractivity contribution in [3.05, 3.63) is 0 Å². The second-order valence-corrected chi connectivity index (χ2v) is 5.82. The van der Waals surface area contributed by atoms with Gasteiger partial charge >= 0.3 is 0 Å². The summed E-state index contributed by atoms with van der Waals surface area (Å²) in [7, 11) is 0. The van der Waals surface area contributed by atoms with Gasteiger partial charge in [-0.3, -0.25) is 9.69 Å². The number of nitrogens with zero attached hydrogens (tertiary/aromatic N) is 1. The van der Waals surface area contributed by atoms with Crippen molar-refractivity contribution in [1.82, 2.24) is 4.90 Å². The van der Waals surface area contributed by atoms with Gasteiger partial charge in [-0.05, 0) is 51.0 Å². The minimum atomic E-state index is -0.100. The molecule has 1 unspecified atom stereocenters. The summed E-state index contributed by atoms with van der Waals surface area (Å²) in [5, 5.41) is 0. The SMILES string of the molecule is CCC1CCC(N2CCCC(C(N)=O)C2)CC1. The van der Waals surface area contributed by atoms with Crippen LogP contribution < -0.4 is 5.73 Å². The maximum Gasteiger partial charge on any atom is 0.221 e. The standard InChI is InChI=1S/C14H26N2O/c1-2-11-5-7-13(8-6-11)16-9-3-4-12(10-16)14(15)17/h11-13H,2-10H2,1H3,(H2,15,17). The Kier molecular flexibility index (Phi) is 4.43. The zero-order valence-corrected chi connectivity index (χ0v) is 11.0. The Bertz CT molecular complexity index is 259. The first-order valence-electron chi connectivity index (χ1n) is 7.24. The molecular formula is C14H26N2O. The molecule has 0 aromatic carbocycles. The summed E-state index contributed by atoms with van der Waals surface area (Å²) in [6, 6.07) is 0.722. The first kappa shape index (κ1) is 12.9. The highest BCUT2D eigenvalue weighted by atomic mass is 16.1. The van der Waals surface area contributed by atoms with E-state index in [2.05, 4.69) is 11.8 Å². The van der Waals surface area contributed by atoms with Crippen molar-refractivity contribution in [2.24, 2.45) is 17.6 Å². The molecule has 0 aromatic heterocycles. The third-order valence-electron chi connectivity index (χ3n) is 4.77. The predicted molar refractivity (Wildman–Crippen MR) is 69.5 cm³/mol. The monoisotopic (exact) mass is 238 g/mol. The van der Waals surface area contributed by atoms with E-state index in [0.29, 0.717) is 0 Å². The molecular weight excluding hydrogens is 212 g/mol. The van der Waals surface area contributed by atoms with Gasteiger partial charge in [-0.2, -0.15) is 0 Å². The van der Waals surface area contributed by atoms with Crippen LogP contribution >= 0.6 is 0 Å². The summed E-state index contributed by atoms with van der Waals surface area (Å²) in [5.41, 5.74) is 5.44. The Labute approximate surface area is 105 Å². The summed E-state index contributed by atoms with van der Waals surface area (Å²) in [6.45, 7) is 4.39. The molecule has 0 radical (unpaired) electrons. The van der Waals surface area contributed by atoms with E-state index in [-0.39, 0.29) is 11.8 Å². The molecule has 1 atom stereocenters. The van der Waals surface area contributed by atoms with E-state index in [1.54, 1.807) is 0 Å². The fourth-order valence-corrected chi connectivity index (χ4v) is 3.49. The summed E-state index contributed by atoms with van der Waals surface area (Å²) in [6.07, 6.45) is 8.86. The van der Waals surface area contributed by atoms with Gasteiger partial charge in [0.05, 0.1) is 5.92 Å². The molecule has 3 heteroatoms. The third-order valence-corrected chi connectivity index (χ3v) is 4.77. The number of rotatable bonds is 3. The van der Waals surface area contributed by atoms with Crippen molar-refractivity contribution >= 4 is 5.91 Å². The molecule has 17 heavy (non-hydrogen) atoms. The number of primary amides is 1. The molecule has 2 fully saturated rings. The number of carbonyl (C=O) groups excluding carboxylic acids is 1. The maximum absolute atomic E-state index is 11.3. The molecule has 2 rings (SSSR count). The normalized spacial score (nSPS) is 35.7. The van der Waals surface area contributed by atoms with Crippen LogP contribution in [0, 0.1) is 11.8 Å². The highest BCUT2D eigenvalue weighted by molar-refractivity contribution is 5.76. The Morgan fingerprint density at radius 3 is 2.53 bits per heavy atom. The number of carbonyl (C=O) groups is 1. The molecule has 0 aromatic rings. The quantitative estimate of drug-likeness (QED) is 0.819. The number of amides is 1. The van der Waals surface area contributed by atoms with Crippen LogP contribution in [0.2, 0.25) is 0 Å². The smallest absolute Gasteiger partial charge is 0.221 e. The number of piperidine rings is 1. The minimum absolute atomic E-state index is 0.100. The van der Waals surface area contributed by atoms with E-state index >= 15 is 0 Å². The largest absolute Gasteiger partial charge is 0.369 e. The van der Waals surface area contributed by atoms with E-state index in [1.807, 2.05) is 0 Å². The van der Waals surface area contributed by atoms with E-state index in [9.17, 15) is 4.79 Å². The van der Waals surface area contributed by atoms with Gasteiger partial charge in [0, 0.05) is 12.6 Å². The lowest BCUT2D eigenvalue weighted by Crippen LogP contribution is -2.47. The second-order valence-electron chi connectivity index (χ2n) is 5.82. The van der Waals surface area contributed by atoms with Gasteiger partial charge in [-0.15, -0.1) is 0 Å². The minimum Gasteiger partial charge on any atom is -0.369 e. The Morgan fingerprint density at radius 1 is 1.24 bits per heavy atom. The molecule has 1 heterocycles. The van der Waals surface area contributed by atoms with Crippen LogP contribution in [-0.4, -0.2) is 29.9 Å². The summed E-state index contributed by atoms with van der Waals surface area (Å²) >= 11 is 0. The lowest BCUT2D eigenvalue weighted by molar-refractivity contribution is -0.123. The van der Waals surface area contributed by atoms with Crippen LogP contribution in [0.3, 0.4) is 0 Å². The number of likely N-dealkylation sites (tertiary alicyclic amines) is 1. The van der Waals surface area contributed by atoms with Gasteiger partial charge in [0.1, 0.15) is 0 Å². The number of hydrogen-bond donors (Lipinski definition) is 1. The van der Waals surface area contributed by atoms with Crippen molar-refractivity contribution < 1.29 is 4.79 Å². The summed E-state index contributed by atoms with van der Waals surface area (Å²) in [4.78, 5) is 13.8. The van der Waals surface area contributed by atoms with Crippen LogP contribution in [0.4, 0.5) is 0 Å². The van der Waals surface area contributed by atoms with Crippen LogP contribution in [0.5, 0.6) is 0 Å².